The summed E-state index contributed by atoms with van der Waals surface area (Å²) >= 11 is 1.45. The topological polar surface area (TPSA) is 69.1 Å². The predicted molar refractivity (Wildman–Crippen MR) is 98.0 cm³/mol. The summed E-state index contributed by atoms with van der Waals surface area (Å²) < 4.78 is 51.7. The van der Waals surface area contributed by atoms with Crippen LogP contribution in [0.3, 0.4) is 0 Å². The summed E-state index contributed by atoms with van der Waals surface area (Å²) in [6.45, 7) is 17.3. The standard InChI is InChI=1S/C4H10B.2C3H7.C2H5.CBrF3O2S.H3N.Zn/c1-3-5-4-2;2*1-3-2;1-2;2-8(6,7)1(3,4)5;;/h3-4H2,1-2H3;2*3H,1-2H3;1H2,2H3;;1H3;/q;3*-1;;;. The predicted octanol–water partition coefficient (Wildman–Crippen LogP) is 6.26. The third-order valence-electron chi connectivity index (χ3n) is 0.854. The van der Waals surface area contributed by atoms with E-state index in [1.54, 1.807) is 6.92 Å². The maximum atomic E-state index is 10.9. The summed E-state index contributed by atoms with van der Waals surface area (Å²) in [6, 6.07) is 0. The normalized spacial score (nSPS) is 8.35. The summed E-state index contributed by atoms with van der Waals surface area (Å²) in [5.74, 6) is 0. The molecule has 0 aliphatic rings. The molecule has 143 valence electrons. The smallest absolute Gasteiger partial charge is 0.346 e. The van der Waals surface area contributed by atoms with Crippen LogP contribution in [0.2, 0.25) is 12.6 Å². The van der Waals surface area contributed by atoms with Gasteiger partial charge < -0.3 is 25.9 Å². The van der Waals surface area contributed by atoms with Gasteiger partial charge in [-0.2, -0.15) is 47.8 Å². The van der Waals surface area contributed by atoms with Crippen molar-refractivity contribution in [3.63, 3.8) is 0 Å². The molecule has 0 saturated heterocycles. The minimum Gasteiger partial charge on any atom is -0.346 e. The van der Waals surface area contributed by atoms with Crippen molar-refractivity contribution in [3.8, 4) is 0 Å². The molecule has 3 nitrogen and oxygen atoms in total. The van der Waals surface area contributed by atoms with E-state index in [2.05, 4.69) is 28.1 Å². The molecular weight excluding hydrogens is 447 g/mol. The van der Waals surface area contributed by atoms with Gasteiger partial charge in [-0.15, -0.1) is 0 Å². The molecule has 0 aliphatic heterocycles. The van der Waals surface area contributed by atoms with Crippen LogP contribution < -0.4 is 6.15 Å². The largest absolute Gasteiger partial charge is 0.507 e. The Labute approximate surface area is 163 Å². The molecule has 0 rings (SSSR count). The third-order valence-corrected chi connectivity index (χ3v) is 2.51. The zero-order valence-electron chi connectivity index (χ0n) is 15.5. The monoisotopic (exact) mass is 477 g/mol. The van der Waals surface area contributed by atoms with Gasteiger partial charge in [-0.1, -0.05) is 26.5 Å². The number of halogens is 4. The maximum Gasteiger partial charge on any atom is 0.507 e. The fourth-order valence-electron chi connectivity index (χ4n) is 0.289. The molecule has 0 aromatic rings. The molecule has 0 unspecified atom stereocenters. The number of alkyl halides is 3. The third kappa shape index (κ3) is 70.7. The second kappa shape index (κ2) is 34.3. The Morgan fingerprint density at radius 1 is 1.00 bits per heavy atom. The maximum absolute atomic E-state index is 10.9. The molecule has 0 fully saturated rings. The van der Waals surface area contributed by atoms with Crippen LogP contribution in [-0.2, 0) is 27.7 Å². The first-order valence-electron chi connectivity index (χ1n) is 6.51. The fourth-order valence-corrected chi connectivity index (χ4v) is 0.289. The fraction of sp³-hybridized carbons (Fsp3) is 0.769. The molecule has 0 heterocycles. The molecule has 0 saturated carbocycles. The second-order valence-corrected chi connectivity index (χ2v) is 7.04. The van der Waals surface area contributed by atoms with Crippen LogP contribution in [0.5, 0.6) is 0 Å². The van der Waals surface area contributed by atoms with Crippen LogP contribution >= 0.6 is 14.8 Å². The van der Waals surface area contributed by atoms with Crippen molar-refractivity contribution in [2.75, 3.05) is 0 Å². The van der Waals surface area contributed by atoms with Crippen LogP contribution in [0.1, 0.15) is 48.5 Å². The number of hydrogen-bond donors (Lipinski definition) is 1. The molecule has 1 radical (unpaired) electrons. The minimum atomic E-state index is -5.17. The molecular formula is C13H32BBrF3NO2SZn-3. The minimum absolute atomic E-state index is 0. The van der Waals surface area contributed by atoms with Crippen molar-refractivity contribution < 1.29 is 41.1 Å². The van der Waals surface area contributed by atoms with Gasteiger partial charge in [-0.3, -0.25) is 0 Å². The van der Waals surface area contributed by atoms with Crippen LogP contribution in [0.25, 0.3) is 0 Å². The molecule has 0 aliphatic carbocycles. The van der Waals surface area contributed by atoms with E-state index in [4.69, 9.17) is 0 Å². The van der Waals surface area contributed by atoms with Gasteiger partial charge in [0.1, 0.15) is 7.28 Å². The number of rotatable bonds is 2. The van der Waals surface area contributed by atoms with Crippen LogP contribution in [-0.4, -0.2) is 21.2 Å². The van der Waals surface area contributed by atoms with Gasteiger partial charge in [-0.05, 0) is 0 Å². The van der Waals surface area contributed by atoms with Gasteiger partial charge >= 0.3 is 13.8 Å². The van der Waals surface area contributed by atoms with Crippen LogP contribution in [0, 0.1) is 19.8 Å². The van der Waals surface area contributed by atoms with E-state index in [0.717, 1.165) is 0 Å². The van der Waals surface area contributed by atoms with Crippen LogP contribution in [0.15, 0.2) is 0 Å². The van der Waals surface area contributed by atoms with E-state index >= 15 is 0 Å². The first kappa shape index (κ1) is 43.9. The molecule has 0 bridgehead atoms. The average molecular weight is 480 g/mol. The van der Waals surface area contributed by atoms with Crippen molar-refractivity contribution in [2.24, 2.45) is 0 Å². The zero-order chi connectivity index (χ0) is 18.5. The van der Waals surface area contributed by atoms with Gasteiger partial charge in [0.15, 0.2) is 0 Å². The Hall–Kier alpha value is 0.868. The summed E-state index contributed by atoms with van der Waals surface area (Å²) in [7, 11) is -2.78. The first-order valence-corrected chi connectivity index (χ1v) is 9.83. The van der Waals surface area contributed by atoms with Crippen molar-refractivity contribution >= 4 is 30.4 Å². The van der Waals surface area contributed by atoms with Gasteiger partial charge in [0, 0.05) is 19.5 Å². The van der Waals surface area contributed by atoms with E-state index in [9.17, 15) is 21.6 Å². The molecule has 0 amide bonds. The average Bonchev–Trinajstić information content (AvgIpc) is 2.33. The quantitative estimate of drug-likeness (QED) is 0.289. The molecule has 0 aromatic carbocycles. The van der Waals surface area contributed by atoms with E-state index in [-0.39, 0.29) is 25.6 Å². The molecule has 0 spiro atoms. The van der Waals surface area contributed by atoms with E-state index < -0.39 is 13.8 Å². The Balaban J connectivity index is -0.0000000300. The SMILES string of the molecule is CC[B]CC.C[CH-]C.C[CH-]C.N.O=S(=O)(Br)C(F)(F)F.[CH2-]C.[Zn]. The summed E-state index contributed by atoms with van der Waals surface area (Å²) in [5, 5.41) is 0. The van der Waals surface area contributed by atoms with E-state index in [1.165, 1.54) is 27.5 Å². The number of hydrogen-bond acceptors (Lipinski definition) is 3. The van der Waals surface area contributed by atoms with Crippen LogP contribution in [0.4, 0.5) is 13.2 Å². The Bertz CT molecular complexity index is 254. The Morgan fingerprint density at radius 3 is 1.13 bits per heavy atom. The first-order chi connectivity index (χ1) is 9.49. The van der Waals surface area contributed by atoms with Crippen molar-refractivity contribution in [1.29, 1.82) is 0 Å². The van der Waals surface area contributed by atoms with Gasteiger partial charge in [-0.25, -0.2) is 8.42 Å². The van der Waals surface area contributed by atoms with Crippen molar-refractivity contribution in [3.05, 3.63) is 19.8 Å². The Morgan fingerprint density at radius 2 is 1.13 bits per heavy atom. The molecule has 23 heavy (non-hydrogen) atoms. The van der Waals surface area contributed by atoms with Crippen molar-refractivity contribution in [2.45, 2.75) is 66.6 Å². The molecule has 0 atom stereocenters. The summed E-state index contributed by atoms with van der Waals surface area (Å²) in [4.78, 5) is 0. The Kier molecular flexibility index (Phi) is 65.3. The van der Waals surface area contributed by atoms with E-state index in [0.29, 0.717) is 0 Å². The van der Waals surface area contributed by atoms with Crippen molar-refractivity contribution in [1.82, 2.24) is 6.15 Å². The summed E-state index contributed by atoms with van der Waals surface area (Å²) in [6.07, 6.45) is 6.44. The van der Waals surface area contributed by atoms with Gasteiger partial charge in [0.25, 0.3) is 0 Å². The van der Waals surface area contributed by atoms with Gasteiger partial charge in [0.2, 0.25) is 0 Å². The second-order valence-electron chi connectivity index (χ2n) is 3.14. The van der Waals surface area contributed by atoms with Gasteiger partial charge in [0.05, 0.1) is 14.8 Å². The molecule has 0 aromatic heterocycles. The molecule has 3 N–H and O–H groups in total. The molecule has 10 heteroatoms. The summed E-state index contributed by atoms with van der Waals surface area (Å²) in [5.41, 5.74) is -5.17. The zero-order valence-corrected chi connectivity index (χ0v) is 20.9. The van der Waals surface area contributed by atoms with E-state index in [1.807, 2.05) is 40.5 Å².